The largest absolute Gasteiger partial charge is 0.394 e. The topological polar surface area (TPSA) is 38.7 Å². The molecule has 0 aromatic rings. The summed E-state index contributed by atoms with van der Waals surface area (Å²) in [5.74, 6) is 0. The number of aliphatic hydroxyl groups is 1. The van der Waals surface area contributed by atoms with Crippen LogP contribution in [0.4, 0.5) is 0 Å². The Balaban J connectivity index is 1.94. The molecule has 3 nitrogen and oxygen atoms in total. The molecule has 2 unspecified atom stereocenters. The minimum Gasteiger partial charge on any atom is -0.394 e. The van der Waals surface area contributed by atoms with Crippen LogP contribution in [0.1, 0.15) is 25.7 Å². The fourth-order valence-electron chi connectivity index (χ4n) is 2.14. The van der Waals surface area contributed by atoms with E-state index in [1.54, 1.807) is 0 Å². The molecular weight excluding hydrogens is 156 g/mol. The van der Waals surface area contributed by atoms with Gasteiger partial charge in [0, 0.05) is 6.61 Å². The van der Waals surface area contributed by atoms with Crippen molar-refractivity contribution in [3.05, 3.63) is 0 Å². The van der Waals surface area contributed by atoms with Crippen LogP contribution >= 0.6 is 0 Å². The first kappa shape index (κ1) is 8.48. The fraction of sp³-hybridized carbons (Fsp3) is 1.00. The van der Waals surface area contributed by atoms with Crippen molar-refractivity contribution < 1.29 is 14.6 Å². The van der Waals surface area contributed by atoms with Crippen molar-refractivity contribution in [2.24, 2.45) is 0 Å². The average Bonchev–Trinajstić information content (AvgIpc) is 2.50. The van der Waals surface area contributed by atoms with Gasteiger partial charge < -0.3 is 14.6 Å². The van der Waals surface area contributed by atoms with Gasteiger partial charge in [0.05, 0.1) is 24.9 Å². The van der Waals surface area contributed by atoms with E-state index in [0.29, 0.717) is 0 Å². The quantitative estimate of drug-likeness (QED) is 0.633. The average molecular weight is 172 g/mol. The summed E-state index contributed by atoms with van der Waals surface area (Å²) in [7, 11) is 0. The minimum atomic E-state index is -0.0361. The van der Waals surface area contributed by atoms with E-state index in [4.69, 9.17) is 14.6 Å². The van der Waals surface area contributed by atoms with Crippen LogP contribution in [0.3, 0.4) is 0 Å². The lowest BCUT2D eigenvalue weighted by molar-refractivity contribution is -0.128. The summed E-state index contributed by atoms with van der Waals surface area (Å²) in [6.07, 6.45) is 4.30. The van der Waals surface area contributed by atoms with Gasteiger partial charge in [0.25, 0.3) is 0 Å². The Kier molecular flexibility index (Phi) is 2.35. The van der Waals surface area contributed by atoms with Gasteiger partial charge in [-0.3, -0.25) is 0 Å². The fourth-order valence-corrected chi connectivity index (χ4v) is 2.14. The summed E-state index contributed by atoms with van der Waals surface area (Å²) in [5.41, 5.74) is -0.0361. The second-order valence-electron chi connectivity index (χ2n) is 3.80. The van der Waals surface area contributed by atoms with Gasteiger partial charge in [-0.25, -0.2) is 0 Å². The second-order valence-corrected chi connectivity index (χ2v) is 3.80. The molecule has 70 valence electrons. The molecule has 0 bridgehead atoms. The van der Waals surface area contributed by atoms with Gasteiger partial charge in [0.15, 0.2) is 0 Å². The summed E-state index contributed by atoms with van der Waals surface area (Å²) in [4.78, 5) is 0. The molecule has 2 heterocycles. The maximum absolute atomic E-state index is 8.91. The van der Waals surface area contributed by atoms with E-state index >= 15 is 0 Å². The summed E-state index contributed by atoms with van der Waals surface area (Å²) < 4.78 is 11.2. The number of hydrogen-bond donors (Lipinski definition) is 1. The zero-order valence-electron chi connectivity index (χ0n) is 7.29. The third kappa shape index (κ3) is 1.49. The Labute approximate surface area is 72.7 Å². The molecule has 0 aliphatic carbocycles. The number of ether oxygens (including phenoxy) is 2. The Hall–Kier alpha value is -0.120. The molecule has 0 amide bonds. The van der Waals surface area contributed by atoms with Gasteiger partial charge in [0.2, 0.25) is 0 Å². The highest BCUT2D eigenvalue weighted by Gasteiger charge is 2.41. The maximum Gasteiger partial charge on any atom is 0.0921 e. The number of hydrogen-bond acceptors (Lipinski definition) is 3. The van der Waals surface area contributed by atoms with E-state index in [-0.39, 0.29) is 18.3 Å². The Morgan fingerprint density at radius 3 is 2.92 bits per heavy atom. The molecule has 0 aromatic heterocycles. The normalized spacial score (nSPS) is 42.2. The van der Waals surface area contributed by atoms with Crippen LogP contribution in [0, 0.1) is 0 Å². The van der Waals surface area contributed by atoms with Gasteiger partial charge in [-0.1, -0.05) is 0 Å². The van der Waals surface area contributed by atoms with Crippen molar-refractivity contribution in [3.63, 3.8) is 0 Å². The van der Waals surface area contributed by atoms with Gasteiger partial charge in [-0.05, 0) is 25.7 Å². The lowest BCUT2D eigenvalue weighted by Gasteiger charge is -2.32. The molecule has 2 rings (SSSR count). The van der Waals surface area contributed by atoms with Crippen molar-refractivity contribution in [3.8, 4) is 0 Å². The van der Waals surface area contributed by atoms with Gasteiger partial charge in [-0.15, -0.1) is 0 Å². The van der Waals surface area contributed by atoms with E-state index in [1.165, 1.54) is 0 Å². The van der Waals surface area contributed by atoms with Crippen LogP contribution in [0.2, 0.25) is 0 Å². The third-order valence-corrected chi connectivity index (χ3v) is 2.83. The van der Waals surface area contributed by atoms with E-state index in [9.17, 15) is 0 Å². The molecule has 12 heavy (non-hydrogen) atoms. The van der Waals surface area contributed by atoms with Crippen LogP contribution < -0.4 is 0 Å². The highest BCUT2D eigenvalue weighted by atomic mass is 16.6. The van der Waals surface area contributed by atoms with Crippen LogP contribution in [-0.4, -0.2) is 36.6 Å². The second kappa shape index (κ2) is 3.32. The Morgan fingerprint density at radius 2 is 2.33 bits per heavy atom. The van der Waals surface area contributed by atoms with Crippen LogP contribution in [0.15, 0.2) is 0 Å². The first-order valence-electron chi connectivity index (χ1n) is 4.71. The molecule has 0 aromatic carbocycles. The predicted octanol–water partition coefficient (Wildman–Crippen LogP) is 0.707. The van der Waals surface area contributed by atoms with Gasteiger partial charge in [-0.2, -0.15) is 0 Å². The molecule has 2 aliphatic rings. The monoisotopic (exact) mass is 172 g/mol. The zero-order valence-corrected chi connectivity index (χ0v) is 7.29. The molecule has 1 N–H and O–H groups in total. The zero-order chi connectivity index (χ0) is 8.44. The lowest BCUT2D eigenvalue weighted by Crippen LogP contribution is -2.39. The minimum absolute atomic E-state index is 0.0361. The molecule has 0 radical (unpaired) electrons. The summed E-state index contributed by atoms with van der Waals surface area (Å²) in [5, 5.41) is 8.91. The number of aliphatic hydroxyl groups excluding tert-OH is 1. The van der Waals surface area contributed by atoms with Crippen molar-refractivity contribution in [2.45, 2.75) is 37.4 Å². The molecular formula is C9H16O3. The van der Waals surface area contributed by atoms with E-state index in [2.05, 4.69) is 0 Å². The summed E-state index contributed by atoms with van der Waals surface area (Å²) in [6, 6.07) is 0. The van der Waals surface area contributed by atoms with Crippen molar-refractivity contribution >= 4 is 0 Å². The summed E-state index contributed by atoms with van der Waals surface area (Å²) >= 11 is 0. The van der Waals surface area contributed by atoms with E-state index < -0.39 is 0 Å². The first-order chi connectivity index (χ1) is 5.85. The van der Waals surface area contributed by atoms with Gasteiger partial charge in [0.1, 0.15) is 0 Å². The lowest BCUT2D eigenvalue weighted by atomic mass is 9.93. The highest BCUT2D eigenvalue weighted by Crippen LogP contribution is 2.36. The predicted molar refractivity (Wildman–Crippen MR) is 44.0 cm³/mol. The van der Waals surface area contributed by atoms with Crippen LogP contribution in [-0.2, 0) is 9.47 Å². The molecule has 2 fully saturated rings. The SMILES string of the molecule is OCC1CCC2(CCCOC2)O1. The third-order valence-electron chi connectivity index (χ3n) is 2.83. The van der Waals surface area contributed by atoms with E-state index in [1.807, 2.05) is 0 Å². The number of rotatable bonds is 1. The van der Waals surface area contributed by atoms with Crippen molar-refractivity contribution in [2.75, 3.05) is 19.8 Å². The summed E-state index contributed by atoms with van der Waals surface area (Å²) in [6.45, 7) is 1.75. The van der Waals surface area contributed by atoms with Crippen LogP contribution in [0.25, 0.3) is 0 Å². The smallest absolute Gasteiger partial charge is 0.0921 e. The molecule has 2 saturated heterocycles. The van der Waals surface area contributed by atoms with Crippen molar-refractivity contribution in [1.82, 2.24) is 0 Å². The van der Waals surface area contributed by atoms with Gasteiger partial charge >= 0.3 is 0 Å². The standard InChI is InChI=1S/C9H16O3/c10-6-8-2-4-9(12-8)3-1-5-11-7-9/h8,10H,1-7H2. The molecule has 1 spiro atoms. The molecule has 2 atom stereocenters. The van der Waals surface area contributed by atoms with E-state index in [0.717, 1.165) is 38.9 Å². The van der Waals surface area contributed by atoms with Crippen molar-refractivity contribution in [1.29, 1.82) is 0 Å². The maximum atomic E-state index is 8.91. The highest BCUT2D eigenvalue weighted by molar-refractivity contribution is 4.90. The Bertz CT molecular complexity index is 152. The first-order valence-corrected chi connectivity index (χ1v) is 4.71. The van der Waals surface area contributed by atoms with Crippen LogP contribution in [0.5, 0.6) is 0 Å². The Morgan fingerprint density at radius 1 is 1.42 bits per heavy atom. The molecule has 3 heteroatoms. The molecule has 2 aliphatic heterocycles. The molecule has 0 saturated carbocycles.